The maximum atomic E-state index is 13.8. The second-order valence-electron chi connectivity index (χ2n) is 8.59. The largest absolute Gasteiger partial charge is 0.351 e. The fourth-order valence-corrected chi connectivity index (χ4v) is 6.45. The molecule has 1 aromatic carbocycles. The number of carbonyl (C=O) groups excluding carboxylic acids is 1. The highest BCUT2D eigenvalue weighted by Gasteiger charge is 2.55. The Hall–Kier alpha value is -1.68. The van der Waals surface area contributed by atoms with Gasteiger partial charge in [0.25, 0.3) is 0 Å². The highest BCUT2D eigenvalue weighted by Crippen LogP contribution is 2.61. The van der Waals surface area contributed by atoms with E-state index in [1.54, 1.807) is 0 Å². The summed E-state index contributed by atoms with van der Waals surface area (Å²) in [5, 5.41) is 7.00. The third-order valence-electron chi connectivity index (χ3n) is 6.86. The van der Waals surface area contributed by atoms with E-state index in [9.17, 15) is 4.79 Å². The van der Waals surface area contributed by atoms with E-state index < -0.39 is 0 Å². The lowest BCUT2D eigenvalue weighted by Crippen LogP contribution is -2.52. The summed E-state index contributed by atoms with van der Waals surface area (Å²) in [6, 6.07) is 10.1. The molecule has 4 heteroatoms. The zero-order chi connectivity index (χ0) is 17.0. The minimum absolute atomic E-state index is 0.115. The van der Waals surface area contributed by atoms with Crippen LogP contribution in [0.3, 0.4) is 0 Å². The van der Waals surface area contributed by atoms with Gasteiger partial charge in [-0.3, -0.25) is 4.79 Å². The van der Waals surface area contributed by atoms with Gasteiger partial charge in [-0.1, -0.05) is 30.3 Å². The molecule has 0 radical (unpaired) electrons. The van der Waals surface area contributed by atoms with E-state index in [4.69, 9.17) is 12.2 Å². The van der Waals surface area contributed by atoms with E-state index in [0.717, 1.165) is 48.2 Å². The van der Waals surface area contributed by atoms with E-state index in [2.05, 4.69) is 22.8 Å². The van der Waals surface area contributed by atoms with Gasteiger partial charge >= 0.3 is 0 Å². The number of ketones is 1. The molecule has 3 nitrogen and oxygen atoms in total. The Bertz CT molecular complexity index is 719. The third-order valence-corrected chi connectivity index (χ3v) is 7.10. The number of Topliss-reactive ketones (excluding diaryl/α,β-unsaturated/α-hetero) is 1. The third kappa shape index (κ3) is 2.53. The summed E-state index contributed by atoms with van der Waals surface area (Å²) in [5.74, 6) is 2.69. The van der Waals surface area contributed by atoms with Crippen molar-refractivity contribution in [1.29, 1.82) is 0 Å². The molecule has 6 rings (SSSR count). The highest BCUT2D eigenvalue weighted by molar-refractivity contribution is 7.80. The number of hydrogen-bond acceptors (Lipinski definition) is 2. The number of rotatable bonds is 3. The Morgan fingerprint density at radius 2 is 1.60 bits per heavy atom. The zero-order valence-electron chi connectivity index (χ0n) is 14.3. The van der Waals surface area contributed by atoms with Crippen molar-refractivity contribution in [3.8, 4) is 0 Å². The van der Waals surface area contributed by atoms with E-state index in [1.165, 1.54) is 19.3 Å². The maximum Gasteiger partial charge on any atom is 0.171 e. The Balaban J connectivity index is 1.50. The van der Waals surface area contributed by atoms with Crippen molar-refractivity contribution in [2.24, 2.45) is 23.2 Å². The van der Waals surface area contributed by atoms with Crippen LogP contribution in [0.4, 0.5) is 0 Å². The van der Waals surface area contributed by atoms with E-state index in [0.29, 0.717) is 10.9 Å². The molecule has 2 N–H and O–H groups in total. The van der Waals surface area contributed by atoms with E-state index >= 15 is 0 Å². The molecule has 130 valence electrons. The molecule has 4 fully saturated rings. The van der Waals surface area contributed by atoms with Crippen molar-refractivity contribution in [1.82, 2.24) is 10.6 Å². The highest BCUT2D eigenvalue weighted by atomic mass is 32.1. The van der Waals surface area contributed by atoms with Crippen LogP contribution in [0.1, 0.15) is 50.1 Å². The molecular formula is C21H24N2OS. The van der Waals surface area contributed by atoms with Crippen LogP contribution in [0.5, 0.6) is 0 Å². The van der Waals surface area contributed by atoms with E-state index in [1.807, 2.05) is 24.4 Å². The van der Waals surface area contributed by atoms with Crippen LogP contribution in [0.15, 0.2) is 42.1 Å². The first kappa shape index (κ1) is 15.6. The van der Waals surface area contributed by atoms with E-state index in [-0.39, 0.29) is 11.5 Å². The van der Waals surface area contributed by atoms with Gasteiger partial charge in [-0.05, 0) is 74.1 Å². The minimum atomic E-state index is -0.129. The van der Waals surface area contributed by atoms with Gasteiger partial charge in [-0.2, -0.15) is 0 Å². The minimum Gasteiger partial charge on any atom is -0.351 e. The quantitative estimate of drug-likeness (QED) is 0.810. The second-order valence-corrected chi connectivity index (χ2v) is 9.00. The normalized spacial score (nSPS) is 38.7. The first-order chi connectivity index (χ1) is 12.1. The van der Waals surface area contributed by atoms with Crippen LogP contribution in [0.2, 0.25) is 0 Å². The standard InChI is InChI=1S/C21H24N2OS/c24-19(21-9-13-6-14(10-21)8-15(7-13)11-21)17-12-22-20(25)23-18(17)16-4-2-1-3-5-16/h1-5,12-15,18H,6-11H2,(H2,22,23,25). The molecule has 1 heterocycles. The predicted octanol–water partition coefficient (Wildman–Crippen LogP) is 3.87. The monoisotopic (exact) mass is 352 g/mol. The molecule has 0 amide bonds. The average molecular weight is 353 g/mol. The molecule has 1 atom stereocenters. The predicted molar refractivity (Wildman–Crippen MR) is 102 cm³/mol. The summed E-state index contributed by atoms with van der Waals surface area (Å²) >= 11 is 5.31. The second kappa shape index (κ2) is 5.66. The lowest BCUT2D eigenvalue weighted by atomic mass is 9.48. The summed E-state index contributed by atoms with van der Waals surface area (Å²) in [7, 11) is 0. The number of benzene rings is 1. The number of nitrogens with one attached hydrogen (secondary N) is 2. The Kier molecular flexibility index (Phi) is 3.53. The number of thiocarbonyl (C=S) groups is 1. The van der Waals surface area contributed by atoms with Crippen molar-refractivity contribution in [3.63, 3.8) is 0 Å². The Labute approximate surface area is 154 Å². The molecule has 0 spiro atoms. The number of carbonyl (C=O) groups is 1. The molecule has 5 aliphatic rings. The smallest absolute Gasteiger partial charge is 0.171 e. The van der Waals surface area contributed by atoms with Crippen LogP contribution in [0, 0.1) is 23.2 Å². The maximum absolute atomic E-state index is 13.8. The van der Waals surface area contributed by atoms with Gasteiger partial charge in [0.15, 0.2) is 10.9 Å². The lowest BCUT2D eigenvalue weighted by molar-refractivity contribution is -0.140. The molecule has 0 aromatic heterocycles. The van der Waals surface area contributed by atoms with Crippen LogP contribution in [0.25, 0.3) is 0 Å². The summed E-state index contributed by atoms with van der Waals surface area (Å²) in [5.41, 5.74) is 1.85. The van der Waals surface area contributed by atoms with Gasteiger partial charge in [0, 0.05) is 17.2 Å². The van der Waals surface area contributed by atoms with Crippen molar-refractivity contribution in [3.05, 3.63) is 47.7 Å². The topological polar surface area (TPSA) is 41.1 Å². The van der Waals surface area contributed by atoms with Gasteiger partial charge in [-0.25, -0.2) is 0 Å². The average Bonchev–Trinajstić information content (AvgIpc) is 2.61. The summed E-state index contributed by atoms with van der Waals surface area (Å²) in [4.78, 5) is 13.8. The van der Waals surface area contributed by atoms with Crippen molar-refractivity contribution >= 4 is 23.1 Å². The molecule has 0 saturated heterocycles. The van der Waals surface area contributed by atoms with Gasteiger partial charge in [0.2, 0.25) is 0 Å². The van der Waals surface area contributed by atoms with Crippen molar-refractivity contribution < 1.29 is 4.79 Å². The molecule has 25 heavy (non-hydrogen) atoms. The van der Waals surface area contributed by atoms with Crippen LogP contribution in [-0.2, 0) is 4.79 Å². The molecule has 4 aliphatic carbocycles. The molecule has 4 bridgehead atoms. The van der Waals surface area contributed by atoms with Gasteiger partial charge in [-0.15, -0.1) is 0 Å². The van der Waals surface area contributed by atoms with Crippen molar-refractivity contribution in [2.45, 2.75) is 44.6 Å². The fraction of sp³-hybridized carbons (Fsp3) is 0.524. The van der Waals surface area contributed by atoms with Crippen molar-refractivity contribution in [2.75, 3.05) is 0 Å². The summed E-state index contributed by atoms with van der Waals surface area (Å²) in [6.45, 7) is 0. The lowest BCUT2D eigenvalue weighted by Gasteiger charge is -2.56. The zero-order valence-corrected chi connectivity index (χ0v) is 15.1. The Morgan fingerprint density at radius 3 is 2.20 bits per heavy atom. The Morgan fingerprint density at radius 1 is 1.00 bits per heavy atom. The first-order valence-corrected chi connectivity index (χ1v) is 9.91. The summed E-state index contributed by atoms with van der Waals surface area (Å²) < 4.78 is 0. The van der Waals surface area contributed by atoms with Gasteiger partial charge < -0.3 is 10.6 Å². The number of hydrogen-bond donors (Lipinski definition) is 2. The van der Waals surface area contributed by atoms with Gasteiger partial charge in [0.1, 0.15) is 0 Å². The molecule has 1 unspecified atom stereocenters. The summed E-state index contributed by atoms with van der Waals surface area (Å²) in [6.07, 6.45) is 9.23. The van der Waals surface area contributed by atoms with Crippen LogP contribution in [-0.4, -0.2) is 10.9 Å². The molecule has 1 aromatic rings. The SMILES string of the molecule is O=C(C1=CNC(=S)NC1c1ccccc1)C12CC3CC(CC(C3)C1)C2. The van der Waals surface area contributed by atoms with Crippen LogP contribution >= 0.6 is 12.2 Å². The fourth-order valence-electron chi connectivity index (χ4n) is 6.28. The molecular weight excluding hydrogens is 328 g/mol. The first-order valence-electron chi connectivity index (χ1n) is 9.50. The van der Waals surface area contributed by atoms with Crippen LogP contribution < -0.4 is 10.6 Å². The molecule has 4 saturated carbocycles. The van der Waals surface area contributed by atoms with Gasteiger partial charge in [0.05, 0.1) is 6.04 Å². The molecule has 1 aliphatic heterocycles.